The van der Waals surface area contributed by atoms with Crippen LogP contribution in [-0.2, 0) is 0 Å². The van der Waals surface area contributed by atoms with Crippen LogP contribution in [0.5, 0.6) is 0 Å². The van der Waals surface area contributed by atoms with Gasteiger partial charge in [-0.2, -0.15) is 0 Å². The van der Waals surface area contributed by atoms with Crippen LogP contribution < -0.4 is 0 Å². The van der Waals surface area contributed by atoms with Gasteiger partial charge in [0.2, 0.25) is 0 Å². The molecule has 0 saturated carbocycles. The molecule has 3 nitrogen and oxygen atoms in total. The Bertz CT molecular complexity index is 698. The third-order valence-electron chi connectivity index (χ3n) is 2.73. The summed E-state index contributed by atoms with van der Waals surface area (Å²) in [7, 11) is 3.92. The smallest absolute Gasteiger partial charge is 0.130 e. The second-order valence-corrected chi connectivity index (χ2v) is 5.88. The fourth-order valence-electron chi connectivity index (χ4n) is 1.71. The molecule has 0 amide bonds. The highest BCUT2D eigenvalue weighted by molar-refractivity contribution is 7.19. The minimum atomic E-state index is 0.508. The van der Waals surface area contributed by atoms with E-state index >= 15 is 0 Å². The van der Waals surface area contributed by atoms with Gasteiger partial charge in [0.05, 0.1) is 0 Å². The normalized spacial score (nSPS) is 12.3. The molecular formula is C15H16ClN3S. The SMILES string of the molecule is C=C(/C=N\C(=C/C)N(C)C)c1cc2ccc(Cl)nc2s1. The number of fused-ring (bicyclic) bond motifs is 1. The van der Waals surface area contributed by atoms with Gasteiger partial charge in [-0.25, -0.2) is 9.98 Å². The molecule has 0 radical (unpaired) electrons. The molecule has 104 valence electrons. The van der Waals surface area contributed by atoms with Crippen molar-refractivity contribution in [3.05, 3.63) is 46.7 Å². The maximum Gasteiger partial charge on any atom is 0.130 e. The molecule has 0 aromatic carbocycles. The summed E-state index contributed by atoms with van der Waals surface area (Å²) in [6, 6.07) is 5.82. The molecular weight excluding hydrogens is 290 g/mol. The van der Waals surface area contributed by atoms with E-state index in [1.165, 1.54) is 0 Å². The average molecular weight is 306 g/mol. The second kappa shape index (κ2) is 6.20. The summed E-state index contributed by atoms with van der Waals surface area (Å²) in [5.74, 6) is 0.897. The lowest BCUT2D eigenvalue weighted by Crippen LogP contribution is -2.09. The first-order chi connectivity index (χ1) is 9.51. The van der Waals surface area contributed by atoms with Crippen LogP contribution in [-0.4, -0.2) is 30.2 Å². The van der Waals surface area contributed by atoms with E-state index in [0.29, 0.717) is 5.15 Å². The minimum Gasteiger partial charge on any atom is -0.363 e. The predicted molar refractivity (Wildman–Crippen MR) is 89.6 cm³/mol. The number of hydrogen-bond donors (Lipinski definition) is 0. The fraction of sp³-hybridized carbons (Fsp3) is 0.200. The highest BCUT2D eigenvalue weighted by atomic mass is 35.5. The molecule has 0 atom stereocenters. The number of nitrogens with zero attached hydrogens (tertiary/aromatic N) is 3. The van der Waals surface area contributed by atoms with E-state index in [-0.39, 0.29) is 0 Å². The number of aromatic nitrogens is 1. The van der Waals surface area contributed by atoms with E-state index in [1.807, 2.05) is 38.1 Å². The fourth-order valence-corrected chi connectivity index (χ4v) is 2.87. The zero-order valence-electron chi connectivity index (χ0n) is 11.7. The summed E-state index contributed by atoms with van der Waals surface area (Å²) in [5, 5.41) is 1.58. The Kier molecular flexibility index (Phi) is 4.57. The number of hydrogen-bond acceptors (Lipinski definition) is 4. The number of thiophene rings is 1. The lowest BCUT2D eigenvalue weighted by molar-refractivity contribution is 0.506. The third-order valence-corrected chi connectivity index (χ3v) is 4.07. The monoisotopic (exact) mass is 305 g/mol. The molecule has 0 N–H and O–H groups in total. The number of halogens is 1. The van der Waals surface area contributed by atoms with Gasteiger partial charge in [-0.05, 0) is 31.2 Å². The molecule has 0 saturated heterocycles. The van der Waals surface area contributed by atoms with Crippen molar-refractivity contribution in [2.75, 3.05) is 14.1 Å². The Morgan fingerprint density at radius 2 is 2.20 bits per heavy atom. The van der Waals surface area contributed by atoms with Crippen molar-refractivity contribution in [1.82, 2.24) is 9.88 Å². The van der Waals surface area contributed by atoms with Crippen molar-refractivity contribution < 1.29 is 0 Å². The Morgan fingerprint density at radius 3 is 2.85 bits per heavy atom. The van der Waals surface area contributed by atoms with Gasteiger partial charge in [0.1, 0.15) is 15.8 Å². The standard InChI is InChI=1S/C15H16ClN3S/c1-5-14(19(3)4)17-9-10(2)12-8-11-6-7-13(16)18-15(11)20-12/h5-9H,2H2,1,3-4H3/b14-5+,17-9-. The third kappa shape index (κ3) is 3.26. The van der Waals surface area contributed by atoms with E-state index < -0.39 is 0 Å². The lowest BCUT2D eigenvalue weighted by Gasteiger charge is -2.11. The van der Waals surface area contributed by atoms with Crippen LogP contribution >= 0.6 is 22.9 Å². The average Bonchev–Trinajstić information content (AvgIpc) is 2.81. The summed E-state index contributed by atoms with van der Waals surface area (Å²) in [5.41, 5.74) is 0.866. The quantitative estimate of drug-likeness (QED) is 0.616. The molecule has 0 unspecified atom stereocenters. The molecule has 0 aliphatic carbocycles. The summed E-state index contributed by atoms with van der Waals surface area (Å²) in [6.07, 6.45) is 3.73. The predicted octanol–water partition coefficient (Wildman–Crippen LogP) is 4.46. The largest absolute Gasteiger partial charge is 0.363 e. The lowest BCUT2D eigenvalue weighted by atomic mass is 10.2. The Hall–Kier alpha value is -1.65. The molecule has 20 heavy (non-hydrogen) atoms. The van der Waals surface area contributed by atoms with Gasteiger partial charge < -0.3 is 4.90 Å². The number of allylic oxidation sites excluding steroid dienone is 2. The Morgan fingerprint density at radius 1 is 1.45 bits per heavy atom. The molecule has 2 heterocycles. The molecule has 0 aliphatic heterocycles. The van der Waals surface area contributed by atoms with E-state index in [2.05, 4.69) is 22.6 Å². The van der Waals surface area contributed by atoms with Crippen LogP contribution in [0.15, 0.2) is 41.7 Å². The van der Waals surface area contributed by atoms with Crippen molar-refractivity contribution >= 4 is 44.9 Å². The second-order valence-electron chi connectivity index (χ2n) is 4.46. The first-order valence-electron chi connectivity index (χ1n) is 6.14. The van der Waals surface area contributed by atoms with Crippen molar-refractivity contribution in [2.24, 2.45) is 4.99 Å². The van der Waals surface area contributed by atoms with Crippen LogP contribution in [0.25, 0.3) is 15.8 Å². The van der Waals surface area contributed by atoms with Gasteiger partial charge in [-0.1, -0.05) is 18.2 Å². The van der Waals surface area contributed by atoms with E-state index in [9.17, 15) is 0 Å². The van der Waals surface area contributed by atoms with Crippen LogP contribution in [0.4, 0.5) is 0 Å². The van der Waals surface area contributed by atoms with Crippen LogP contribution in [0.1, 0.15) is 11.8 Å². The first kappa shape index (κ1) is 14.8. The van der Waals surface area contributed by atoms with Gasteiger partial charge in [0.25, 0.3) is 0 Å². The van der Waals surface area contributed by atoms with Crippen molar-refractivity contribution in [3.63, 3.8) is 0 Å². The maximum absolute atomic E-state index is 5.90. The highest BCUT2D eigenvalue weighted by Gasteiger charge is 2.05. The highest BCUT2D eigenvalue weighted by Crippen LogP contribution is 2.29. The molecule has 2 rings (SSSR count). The van der Waals surface area contributed by atoms with Gasteiger partial charge in [0.15, 0.2) is 0 Å². The molecule has 0 bridgehead atoms. The maximum atomic E-state index is 5.90. The van der Waals surface area contributed by atoms with Crippen molar-refractivity contribution in [2.45, 2.75) is 6.92 Å². The molecule has 0 spiro atoms. The van der Waals surface area contributed by atoms with Crippen LogP contribution in [0.3, 0.4) is 0 Å². The molecule has 2 aromatic rings. The summed E-state index contributed by atoms with van der Waals surface area (Å²) in [6.45, 7) is 6.02. The number of rotatable bonds is 4. The Balaban J connectivity index is 2.25. The number of pyridine rings is 1. The molecule has 5 heteroatoms. The minimum absolute atomic E-state index is 0.508. The topological polar surface area (TPSA) is 28.5 Å². The Labute approximate surface area is 127 Å². The van der Waals surface area contributed by atoms with E-state index in [0.717, 1.165) is 26.5 Å². The molecule has 0 fully saturated rings. The summed E-state index contributed by atoms with van der Waals surface area (Å²) in [4.78, 5) is 12.6. The zero-order valence-corrected chi connectivity index (χ0v) is 13.3. The van der Waals surface area contributed by atoms with Gasteiger partial charge in [-0.15, -0.1) is 11.3 Å². The summed E-state index contributed by atoms with van der Waals surface area (Å²) >= 11 is 7.47. The van der Waals surface area contributed by atoms with Gasteiger partial charge >= 0.3 is 0 Å². The number of aliphatic imine (C=N–C) groups is 1. The molecule has 0 aliphatic rings. The van der Waals surface area contributed by atoms with Crippen molar-refractivity contribution in [1.29, 1.82) is 0 Å². The zero-order chi connectivity index (χ0) is 14.7. The van der Waals surface area contributed by atoms with E-state index in [1.54, 1.807) is 23.6 Å². The van der Waals surface area contributed by atoms with Gasteiger partial charge in [-0.3, -0.25) is 0 Å². The molecule has 2 aromatic heterocycles. The van der Waals surface area contributed by atoms with Gasteiger partial charge in [0, 0.05) is 36.1 Å². The van der Waals surface area contributed by atoms with Crippen LogP contribution in [0, 0.1) is 0 Å². The first-order valence-corrected chi connectivity index (χ1v) is 7.34. The van der Waals surface area contributed by atoms with Crippen LogP contribution in [0.2, 0.25) is 5.15 Å². The van der Waals surface area contributed by atoms with Crippen molar-refractivity contribution in [3.8, 4) is 0 Å². The summed E-state index contributed by atoms with van der Waals surface area (Å²) < 4.78 is 0. The van der Waals surface area contributed by atoms with E-state index in [4.69, 9.17) is 11.6 Å².